The molecule has 0 radical (unpaired) electrons. The van der Waals surface area contributed by atoms with Crippen LogP contribution in [0.4, 0.5) is 5.00 Å². The summed E-state index contributed by atoms with van der Waals surface area (Å²) in [5.74, 6) is -1.17. The molecule has 0 bridgehead atoms. The van der Waals surface area contributed by atoms with E-state index in [0.717, 1.165) is 11.3 Å². The average Bonchev–Trinajstić information content (AvgIpc) is 3.38. The van der Waals surface area contributed by atoms with E-state index in [1.807, 2.05) is 0 Å². The van der Waals surface area contributed by atoms with E-state index in [9.17, 15) is 14.4 Å². The van der Waals surface area contributed by atoms with Crippen LogP contribution in [-0.2, 0) is 16.2 Å². The molecule has 0 saturated heterocycles. The van der Waals surface area contributed by atoms with E-state index in [2.05, 4.69) is 10.4 Å². The van der Waals surface area contributed by atoms with Crippen molar-refractivity contribution < 1.29 is 28.6 Å². The smallest absolute Gasteiger partial charge is 0.348 e. The first-order valence-corrected chi connectivity index (χ1v) is 11.2. The molecule has 0 unspecified atom stereocenters. The number of carbonyl (C=O) groups is 3. The Morgan fingerprint density at radius 1 is 1.06 bits per heavy atom. The normalized spacial score (nSPS) is 10.5. The molecule has 33 heavy (non-hydrogen) atoms. The number of halogens is 1. The van der Waals surface area contributed by atoms with Crippen LogP contribution in [0, 0.1) is 6.92 Å². The number of anilines is 1. The summed E-state index contributed by atoms with van der Waals surface area (Å²) in [5.41, 5.74) is 0.603. The van der Waals surface area contributed by atoms with Crippen molar-refractivity contribution >= 4 is 45.8 Å². The summed E-state index contributed by atoms with van der Waals surface area (Å²) in [5, 5.41) is 7.63. The van der Waals surface area contributed by atoms with Crippen LogP contribution in [0.5, 0.6) is 5.75 Å². The Labute approximate surface area is 199 Å². The van der Waals surface area contributed by atoms with Crippen LogP contribution in [-0.4, -0.2) is 40.8 Å². The van der Waals surface area contributed by atoms with Gasteiger partial charge in [-0.15, -0.1) is 11.3 Å². The third-order valence-corrected chi connectivity index (χ3v) is 5.80. The number of hydrogen-bond donors (Lipinski definition) is 1. The zero-order chi connectivity index (χ0) is 24.0. The highest BCUT2D eigenvalue weighted by atomic mass is 35.5. The molecule has 0 atom stereocenters. The molecular weight excluding hydrogens is 470 g/mol. The summed E-state index contributed by atoms with van der Waals surface area (Å²) >= 11 is 6.80. The molecule has 0 aliphatic carbocycles. The van der Waals surface area contributed by atoms with E-state index in [1.54, 1.807) is 51.2 Å². The minimum Gasteiger partial charge on any atom is -0.471 e. The van der Waals surface area contributed by atoms with Gasteiger partial charge in [0.1, 0.15) is 15.6 Å². The molecule has 1 N–H and O–H groups in total. The Bertz CT molecular complexity index is 1160. The largest absolute Gasteiger partial charge is 0.471 e. The van der Waals surface area contributed by atoms with Gasteiger partial charge in [-0.2, -0.15) is 5.10 Å². The van der Waals surface area contributed by atoms with E-state index >= 15 is 0 Å². The van der Waals surface area contributed by atoms with Crippen LogP contribution in [0.2, 0.25) is 5.02 Å². The zero-order valence-electron chi connectivity index (χ0n) is 18.2. The number of nitrogens with zero attached hydrogens (tertiary/aromatic N) is 2. The van der Waals surface area contributed by atoms with E-state index in [-0.39, 0.29) is 41.1 Å². The molecule has 0 fully saturated rings. The molecule has 1 amide bonds. The van der Waals surface area contributed by atoms with E-state index < -0.39 is 17.8 Å². The van der Waals surface area contributed by atoms with Crippen LogP contribution in [0.15, 0.2) is 36.5 Å². The molecule has 0 spiro atoms. The number of nitrogens with one attached hydrogen (secondary N) is 1. The molecule has 2 heterocycles. The maximum atomic E-state index is 12.8. The Balaban J connectivity index is 1.76. The highest BCUT2D eigenvalue weighted by Crippen LogP contribution is 2.34. The van der Waals surface area contributed by atoms with Crippen molar-refractivity contribution in [2.75, 3.05) is 18.5 Å². The number of aromatic nitrogens is 2. The molecule has 0 aliphatic rings. The lowest BCUT2D eigenvalue weighted by molar-refractivity contribution is 0.0527. The van der Waals surface area contributed by atoms with E-state index in [4.69, 9.17) is 25.8 Å². The zero-order valence-corrected chi connectivity index (χ0v) is 19.8. The van der Waals surface area contributed by atoms with Gasteiger partial charge in [-0.3, -0.25) is 4.79 Å². The number of amides is 1. The number of esters is 2. The molecule has 3 aromatic rings. The second kappa shape index (κ2) is 11.0. The third-order valence-electron chi connectivity index (χ3n) is 4.36. The maximum Gasteiger partial charge on any atom is 0.348 e. The van der Waals surface area contributed by atoms with Gasteiger partial charge in [0.2, 0.25) is 0 Å². The Morgan fingerprint density at radius 2 is 1.73 bits per heavy atom. The van der Waals surface area contributed by atoms with Crippen LogP contribution >= 0.6 is 22.9 Å². The summed E-state index contributed by atoms with van der Waals surface area (Å²) in [6.45, 7) is 5.36. The second-order valence-electron chi connectivity index (χ2n) is 6.62. The van der Waals surface area contributed by atoms with Gasteiger partial charge in [0.25, 0.3) is 5.91 Å². The van der Waals surface area contributed by atoms with Crippen molar-refractivity contribution in [1.82, 2.24) is 9.78 Å². The number of rotatable bonds is 9. The van der Waals surface area contributed by atoms with Gasteiger partial charge in [-0.1, -0.05) is 11.6 Å². The maximum absolute atomic E-state index is 12.8. The van der Waals surface area contributed by atoms with Crippen molar-refractivity contribution in [2.24, 2.45) is 0 Å². The van der Waals surface area contributed by atoms with Gasteiger partial charge in [-0.05, 0) is 56.7 Å². The average molecular weight is 492 g/mol. The molecule has 3 rings (SSSR count). The molecule has 174 valence electrons. The monoisotopic (exact) mass is 491 g/mol. The van der Waals surface area contributed by atoms with Gasteiger partial charge < -0.3 is 19.5 Å². The summed E-state index contributed by atoms with van der Waals surface area (Å²) in [7, 11) is 0. The van der Waals surface area contributed by atoms with Gasteiger partial charge in [-0.25, -0.2) is 14.3 Å². The van der Waals surface area contributed by atoms with Crippen molar-refractivity contribution in [3.8, 4) is 5.75 Å². The first-order chi connectivity index (χ1) is 15.8. The van der Waals surface area contributed by atoms with Crippen LogP contribution in [0.3, 0.4) is 0 Å². The minimum atomic E-state index is -0.640. The molecule has 2 aromatic heterocycles. The Hall–Kier alpha value is -3.37. The fraction of sp³-hybridized carbons (Fsp3) is 0.273. The number of thiophene rings is 1. The summed E-state index contributed by atoms with van der Waals surface area (Å²) < 4.78 is 17.2. The lowest BCUT2D eigenvalue weighted by Crippen LogP contribution is -2.16. The van der Waals surface area contributed by atoms with Crippen molar-refractivity contribution in [2.45, 2.75) is 27.5 Å². The molecular formula is C22H22ClN3O6S. The lowest BCUT2D eigenvalue weighted by Gasteiger charge is -2.07. The van der Waals surface area contributed by atoms with Gasteiger partial charge in [0.15, 0.2) is 12.4 Å². The quantitative estimate of drug-likeness (QED) is 0.437. The Kier molecular flexibility index (Phi) is 8.07. The van der Waals surface area contributed by atoms with Crippen molar-refractivity contribution in [1.29, 1.82) is 0 Å². The van der Waals surface area contributed by atoms with Gasteiger partial charge in [0.05, 0.1) is 18.8 Å². The molecule has 1 aromatic carbocycles. The second-order valence-corrected chi connectivity index (χ2v) is 8.08. The highest BCUT2D eigenvalue weighted by Gasteiger charge is 2.27. The molecule has 9 nitrogen and oxygen atoms in total. The summed E-state index contributed by atoms with van der Waals surface area (Å²) in [6, 6.07) is 8.35. The molecule has 0 aliphatic heterocycles. The summed E-state index contributed by atoms with van der Waals surface area (Å²) in [4.78, 5) is 37.7. The SMILES string of the molecule is CCOC(=O)c1sc(NC(=O)c2ccn(COc3ccc(Cl)cc3)n2)c(C(=O)OCC)c1C. The fourth-order valence-electron chi connectivity index (χ4n) is 2.84. The number of ether oxygens (including phenoxy) is 3. The Morgan fingerprint density at radius 3 is 2.39 bits per heavy atom. The molecule has 0 saturated carbocycles. The van der Waals surface area contributed by atoms with Crippen LogP contribution in [0.25, 0.3) is 0 Å². The number of benzene rings is 1. The highest BCUT2D eigenvalue weighted by molar-refractivity contribution is 7.18. The third kappa shape index (κ3) is 5.91. The van der Waals surface area contributed by atoms with E-state index in [0.29, 0.717) is 16.3 Å². The number of carbonyl (C=O) groups excluding carboxylic acids is 3. The fourth-order valence-corrected chi connectivity index (χ4v) is 4.05. The van der Waals surface area contributed by atoms with Crippen LogP contribution in [0.1, 0.15) is 49.9 Å². The molecule has 11 heteroatoms. The first-order valence-electron chi connectivity index (χ1n) is 10.0. The van der Waals surface area contributed by atoms with Crippen molar-refractivity contribution in [3.05, 3.63) is 63.2 Å². The van der Waals surface area contributed by atoms with Crippen molar-refractivity contribution in [3.63, 3.8) is 0 Å². The number of hydrogen-bond acceptors (Lipinski definition) is 8. The topological polar surface area (TPSA) is 109 Å². The van der Waals surface area contributed by atoms with Gasteiger partial charge in [0, 0.05) is 11.2 Å². The van der Waals surface area contributed by atoms with Gasteiger partial charge >= 0.3 is 11.9 Å². The minimum absolute atomic E-state index is 0.0775. The predicted molar refractivity (Wildman–Crippen MR) is 123 cm³/mol. The van der Waals surface area contributed by atoms with Crippen LogP contribution < -0.4 is 10.1 Å². The predicted octanol–water partition coefficient (Wildman–Crippen LogP) is 4.55. The van der Waals surface area contributed by atoms with E-state index in [1.165, 1.54) is 10.7 Å². The standard InChI is InChI=1S/C22H22ClN3O6S/c1-4-30-21(28)17-13(3)18(22(29)31-5-2)33-20(17)24-19(27)16-10-11-26(25-16)12-32-15-8-6-14(23)7-9-15/h6-11H,4-5,12H2,1-3H3,(H,24,27). The lowest BCUT2D eigenvalue weighted by atomic mass is 10.1. The summed E-state index contributed by atoms with van der Waals surface area (Å²) in [6.07, 6.45) is 1.58. The first kappa shape index (κ1) is 24.3.